The highest BCUT2D eigenvalue weighted by Gasteiger charge is 2.13. The smallest absolute Gasteiger partial charge is 0.0322 e. The van der Waals surface area contributed by atoms with Crippen LogP contribution in [0, 0.1) is 19.8 Å². The topological polar surface area (TPSA) is 12.0 Å². The minimum atomic E-state index is 0.526. The van der Waals surface area contributed by atoms with Crippen molar-refractivity contribution in [3.8, 4) is 0 Å². The van der Waals surface area contributed by atoms with E-state index in [-0.39, 0.29) is 0 Å². The number of hydrogen-bond acceptors (Lipinski definition) is 1. The van der Waals surface area contributed by atoms with Gasteiger partial charge in [0, 0.05) is 6.04 Å². The van der Waals surface area contributed by atoms with Crippen molar-refractivity contribution < 1.29 is 0 Å². The van der Waals surface area contributed by atoms with E-state index in [1.807, 2.05) is 0 Å². The summed E-state index contributed by atoms with van der Waals surface area (Å²) in [4.78, 5) is 0. The molecule has 1 rings (SSSR count). The Labute approximate surface area is 119 Å². The van der Waals surface area contributed by atoms with Crippen LogP contribution in [-0.2, 0) is 0 Å². The number of hydrogen-bond donors (Lipinski definition) is 1. The summed E-state index contributed by atoms with van der Waals surface area (Å²) in [6.45, 7) is 12.4. The fourth-order valence-electron chi connectivity index (χ4n) is 2.55. The average molecular weight is 261 g/mol. The lowest BCUT2D eigenvalue weighted by molar-refractivity contribution is 0.446. The van der Waals surface area contributed by atoms with Crippen LogP contribution < -0.4 is 5.32 Å². The normalized spacial score (nSPS) is 12.9. The van der Waals surface area contributed by atoms with Crippen LogP contribution in [0.1, 0.15) is 69.2 Å². The molecule has 0 spiro atoms. The summed E-state index contributed by atoms with van der Waals surface area (Å²) in [7, 11) is 0. The first-order chi connectivity index (χ1) is 9.04. The zero-order valence-electron chi connectivity index (χ0n) is 13.4. The van der Waals surface area contributed by atoms with Gasteiger partial charge in [0.15, 0.2) is 0 Å². The molecule has 1 nitrogen and oxygen atoms in total. The summed E-state index contributed by atoms with van der Waals surface area (Å²) >= 11 is 0. The van der Waals surface area contributed by atoms with Gasteiger partial charge in [0.25, 0.3) is 0 Å². The molecule has 0 heterocycles. The van der Waals surface area contributed by atoms with Gasteiger partial charge < -0.3 is 5.32 Å². The van der Waals surface area contributed by atoms with Crippen LogP contribution in [0.5, 0.6) is 0 Å². The zero-order valence-corrected chi connectivity index (χ0v) is 13.4. The van der Waals surface area contributed by atoms with Crippen molar-refractivity contribution in [1.29, 1.82) is 0 Å². The highest BCUT2D eigenvalue weighted by molar-refractivity contribution is 5.33. The molecule has 0 saturated heterocycles. The summed E-state index contributed by atoms with van der Waals surface area (Å²) < 4.78 is 0. The van der Waals surface area contributed by atoms with Gasteiger partial charge in [-0.05, 0) is 50.3 Å². The molecule has 0 aliphatic heterocycles. The van der Waals surface area contributed by atoms with Crippen molar-refractivity contribution in [3.63, 3.8) is 0 Å². The molecule has 0 fully saturated rings. The minimum Gasteiger partial charge on any atom is -0.310 e. The summed E-state index contributed by atoms with van der Waals surface area (Å²) in [5.41, 5.74) is 4.29. The van der Waals surface area contributed by atoms with Gasteiger partial charge >= 0.3 is 0 Å². The SMILES string of the molecule is CCCNC(CCCC(C)C)c1cc(C)ccc1C. The molecule has 0 aliphatic carbocycles. The standard InChI is InChI=1S/C18H31N/c1-6-12-19-18(9-7-8-14(2)3)17-13-15(4)10-11-16(17)5/h10-11,13-14,18-19H,6-9,12H2,1-5H3. The maximum Gasteiger partial charge on any atom is 0.0322 e. The molecule has 0 saturated carbocycles. The van der Waals surface area contributed by atoms with Gasteiger partial charge in [-0.3, -0.25) is 0 Å². The number of aryl methyl sites for hydroxylation is 2. The van der Waals surface area contributed by atoms with E-state index >= 15 is 0 Å². The molecule has 0 bridgehead atoms. The zero-order chi connectivity index (χ0) is 14.3. The van der Waals surface area contributed by atoms with Gasteiger partial charge in [-0.25, -0.2) is 0 Å². The third-order valence-electron chi connectivity index (χ3n) is 3.73. The second kappa shape index (κ2) is 8.37. The van der Waals surface area contributed by atoms with Gasteiger partial charge in [0.1, 0.15) is 0 Å². The molecule has 108 valence electrons. The lowest BCUT2D eigenvalue weighted by atomic mass is 9.93. The summed E-state index contributed by atoms with van der Waals surface area (Å²) in [5.74, 6) is 0.811. The second-order valence-corrected chi connectivity index (χ2v) is 6.19. The Hall–Kier alpha value is -0.820. The largest absolute Gasteiger partial charge is 0.310 e. The molecule has 1 N–H and O–H groups in total. The number of rotatable bonds is 8. The van der Waals surface area contributed by atoms with Crippen LogP contribution >= 0.6 is 0 Å². The van der Waals surface area contributed by atoms with E-state index in [9.17, 15) is 0 Å². The first kappa shape index (κ1) is 16.2. The average Bonchev–Trinajstić information content (AvgIpc) is 2.36. The Morgan fingerprint density at radius 2 is 1.84 bits per heavy atom. The molecule has 1 unspecified atom stereocenters. The van der Waals surface area contributed by atoms with E-state index in [2.05, 4.69) is 58.1 Å². The first-order valence-corrected chi connectivity index (χ1v) is 7.85. The molecule has 0 amide bonds. The summed E-state index contributed by atoms with van der Waals surface area (Å²) in [6, 6.07) is 7.36. The lowest BCUT2D eigenvalue weighted by Gasteiger charge is -2.22. The van der Waals surface area contributed by atoms with Crippen molar-refractivity contribution in [1.82, 2.24) is 5.32 Å². The molecule has 19 heavy (non-hydrogen) atoms. The molecule has 1 heteroatoms. The fourth-order valence-corrected chi connectivity index (χ4v) is 2.55. The third kappa shape index (κ3) is 5.78. The van der Waals surface area contributed by atoms with Crippen molar-refractivity contribution in [2.75, 3.05) is 6.54 Å². The van der Waals surface area contributed by atoms with Crippen LogP contribution in [0.15, 0.2) is 18.2 Å². The Balaban J connectivity index is 2.73. The molecule has 1 aromatic rings. The van der Waals surface area contributed by atoms with E-state index in [1.54, 1.807) is 0 Å². The van der Waals surface area contributed by atoms with Gasteiger partial charge in [-0.1, -0.05) is 57.4 Å². The van der Waals surface area contributed by atoms with Gasteiger partial charge in [0.2, 0.25) is 0 Å². The Morgan fingerprint density at radius 3 is 2.47 bits per heavy atom. The second-order valence-electron chi connectivity index (χ2n) is 6.19. The predicted octanol–water partition coefficient (Wildman–Crippen LogP) is 5.17. The molecule has 0 radical (unpaired) electrons. The lowest BCUT2D eigenvalue weighted by Crippen LogP contribution is -2.23. The summed E-state index contributed by atoms with van der Waals surface area (Å²) in [5, 5.41) is 3.73. The van der Waals surface area contributed by atoms with Crippen LogP contribution in [0.4, 0.5) is 0 Å². The van der Waals surface area contributed by atoms with Gasteiger partial charge in [-0.15, -0.1) is 0 Å². The van der Waals surface area contributed by atoms with E-state index in [0.717, 1.165) is 12.5 Å². The number of nitrogens with one attached hydrogen (secondary N) is 1. The van der Waals surface area contributed by atoms with E-state index in [4.69, 9.17) is 0 Å². The Kier molecular flexibility index (Phi) is 7.15. The highest BCUT2D eigenvalue weighted by atomic mass is 14.9. The van der Waals surface area contributed by atoms with Crippen molar-refractivity contribution >= 4 is 0 Å². The predicted molar refractivity (Wildman–Crippen MR) is 85.6 cm³/mol. The molecule has 1 aromatic carbocycles. The fraction of sp³-hybridized carbons (Fsp3) is 0.667. The van der Waals surface area contributed by atoms with Crippen LogP contribution in [-0.4, -0.2) is 6.54 Å². The molecule has 0 aliphatic rings. The molecule has 1 atom stereocenters. The summed E-state index contributed by atoms with van der Waals surface area (Å²) in [6.07, 6.45) is 5.09. The molecular weight excluding hydrogens is 230 g/mol. The first-order valence-electron chi connectivity index (χ1n) is 7.85. The molecular formula is C18H31N. The van der Waals surface area contributed by atoms with E-state index in [1.165, 1.54) is 42.4 Å². The van der Waals surface area contributed by atoms with Gasteiger partial charge in [-0.2, -0.15) is 0 Å². The molecule has 0 aromatic heterocycles. The van der Waals surface area contributed by atoms with Crippen LogP contribution in [0.3, 0.4) is 0 Å². The monoisotopic (exact) mass is 261 g/mol. The van der Waals surface area contributed by atoms with E-state index < -0.39 is 0 Å². The maximum atomic E-state index is 3.73. The maximum absolute atomic E-state index is 3.73. The van der Waals surface area contributed by atoms with Crippen molar-refractivity contribution in [3.05, 3.63) is 34.9 Å². The van der Waals surface area contributed by atoms with Crippen molar-refractivity contribution in [2.24, 2.45) is 5.92 Å². The van der Waals surface area contributed by atoms with Crippen LogP contribution in [0.2, 0.25) is 0 Å². The van der Waals surface area contributed by atoms with Crippen molar-refractivity contribution in [2.45, 2.75) is 66.3 Å². The third-order valence-corrected chi connectivity index (χ3v) is 3.73. The quantitative estimate of drug-likeness (QED) is 0.680. The van der Waals surface area contributed by atoms with Crippen LogP contribution in [0.25, 0.3) is 0 Å². The van der Waals surface area contributed by atoms with E-state index in [0.29, 0.717) is 6.04 Å². The minimum absolute atomic E-state index is 0.526. The highest BCUT2D eigenvalue weighted by Crippen LogP contribution is 2.25. The Bertz CT molecular complexity index is 368. The Morgan fingerprint density at radius 1 is 1.11 bits per heavy atom. The van der Waals surface area contributed by atoms with Gasteiger partial charge in [0.05, 0.1) is 0 Å². The number of benzene rings is 1.